The molecule has 5 nitrogen and oxygen atoms in total. The number of fused-ring (bicyclic) bond motifs is 1. The standard InChI is InChI=1S/C27H26N2O3S/c1-3-18-29-24-17-11-10-16-23(24)25(22-14-8-5-9-15-22)26(33(29,31)32)27(30)28-19-20(2)21-12-6-4-7-13-21/h3-17,20H,1,18-19H2,2H3,(H,28,30)/t20-/m0/s1. The van der Waals surface area contributed by atoms with Gasteiger partial charge in [-0.1, -0.05) is 91.9 Å². The molecule has 1 aliphatic rings. The molecule has 33 heavy (non-hydrogen) atoms. The third-order valence-corrected chi connectivity index (χ3v) is 7.55. The van der Waals surface area contributed by atoms with E-state index in [9.17, 15) is 13.2 Å². The number of para-hydroxylation sites is 1. The number of nitrogens with zero attached hydrogens (tertiary/aromatic N) is 1. The van der Waals surface area contributed by atoms with Gasteiger partial charge in [0.2, 0.25) is 0 Å². The van der Waals surface area contributed by atoms with Gasteiger partial charge in [-0.15, -0.1) is 6.58 Å². The van der Waals surface area contributed by atoms with Crippen LogP contribution >= 0.6 is 0 Å². The molecule has 6 heteroatoms. The van der Waals surface area contributed by atoms with E-state index in [1.165, 1.54) is 10.4 Å². The van der Waals surface area contributed by atoms with Gasteiger partial charge in [-0.25, -0.2) is 8.42 Å². The zero-order chi connectivity index (χ0) is 23.4. The zero-order valence-electron chi connectivity index (χ0n) is 18.4. The minimum atomic E-state index is -4.12. The highest BCUT2D eigenvalue weighted by atomic mass is 32.2. The Labute approximate surface area is 195 Å². The molecule has 0 aromatic heterocycles. The van der Waals surface area contributed by atoms with Crippen LogP contribution in [0.4, 0.5) is 5.69 Å². The van der Waals surface area contributed by atoms with Crippen molar-refractivity contribution in [3.63, 3.8) is 0 Å². The average Bonchev–Trinajstić information content (AvgIpc) is 2.84. The Kier molecular flexibility index (Phi) is 6.47. The van der Waals surface area contributed by atoms with Gasteiger partial charge in [-0.2, -0.15) is 0 Å². The minimum absolute atomic E-state index is 0.0267. The van der Waals surface area contributed by atoms with Gasteiger partial charge in [0.05, 0.1) is 12.2 Å². The van der Waals surface area contributed by atoms with E-state index in [1.54, 1.807) is 12.1 Å². The molecule has 0 bridgehead atoms. The Bertz CT molecular complexity index is 1300. The fraction of sp³-hybridized carbons (Fsp3) is 0.148. The van der Waals surface area contributed by atoms with Crippen molar-refractivity contribution in [2.45, 2.75) is 12.8 Å². The van der Waals surface area contributed by atoms with Crippen LogP contribution in [0.25, 0.3) is 5.57 Å². The summed E-state index contributed by atoms with van der Waals surface area (Å²) >= 11 is 0. The second-order valence-corrected chi connectivity index (χ2v) is 9.73. The van der Waals surface area contributed by atoms with E-state index < -0.39 is 15.9 Å². The second-order valence-electron chi connectivity index (χ2n) is 7.93. The predicted octanol–water partition coefficient (Wildman–Crippen LogP) is 4.70. The van der Waals surface area contributed by atoms with Gasteiger partial charge in [-0.05, 0) is 23.1 Å². The van der Waals surface area contributed by atoms with E-state index in [4.69, 9.17) is 0 Å². The number of anilines is 1. The van der Waals surface area contributed by atoms with Crippen LogP contribution in [0, 0.1) is 0 Å². The van der Waals surface area contributed by atoms with Crippen LogP contribution < -0.4 is 9.62 Å². The van der Waals surface area contributed by atoms with Gasteiger partial charge < -0.3 is 5.32 Å². The van der Waals surface area contributed by atoms with Crippen LogP contribution in [0.15, 0.2) is 102 Å². The van der Waals surface area contributed by atoms with E-state index >= 15 is 0 Å². The summed E-state index contributed by atoms with van der Waals surface area (Å²) in [6.07, 6.45) is 1.52. The van der Waals surface area contributed by atoms with Crippen molar-refractivity contribution in [3.05, 3.63) is 119 Å². The van der Waals surface area contributed by atoms with Gasteiger partial charge in [0.1, 0.15) is 0 Å². The second kappa shape index (κ2) is 9.46. The number of carbonyl (C=O) groups is 1. The fourth-order valence-corrected chi connectivity index (χ4v) is 5.79. The molecule has 0 fully saturated rings. The van der Waals surface area contributed by atoms with E-state index in [0.717, 1.165) is 5.56 Å². The first-order chi connectivity index (χ1) is 15.9. The molecule has 1 atom stereocenters. The van der Waals surface area contributed by atoms with Crippen molar-refractivity contribution in [1.82, 2.24) is 5.32 Å². The van der Waals surface area contributed by atoms with E-state index in [0.29, 0.717) is 28.9 Å². The third-order valence-electron chi connectivity index (χ3n) is 5.72. The summed E-state index contributed by atoms with van der Waals surface area (Å²) in [5, 5.41) is 2.87. The zero-order valence-corrected chi connectivity index (χ0v) is 19.3. The molecule has 3 aromatic carbocycles. The first-order valence-corrected chi connectivity index (χ1v) is 12.2. The van der Waals surface area contributed by atoms with Crippen molar-refractivity contribution < 1.29 is 13.2 Å². The normalized spacial score (nSPS) is 15.5. The molecular weight excluding hydrogens is 432 g/mol. The average molecular weight is 459 g/mol. The fourth-order valence-electron chi connectivity index (χ4n) is 4.05. The first kappa shape index (κ1) is 22.6. The van der Waals surface area contributed by atoms with Gasteiger partial charge in [0.25, 0.3) is 15.9 Å². The SMILES string of the molecule is C=CCN1c2ccccc2C(c2ccccc2)=C(C(=O)NC[C@H](C)c2ccccc2)S1(=O)=O. The molecule has 0 radical (unpaired) electrons. The van der Waals surface area contributed by atoms with Gasteiger partial charge in [-0.3, -0.25) is 9.10 Å². The topological polar surface area (TPSA) is 66.5 Å². The number of amides is 1. The van der Waals surface area contributed by atoms with E-state index in [-0.39, 0.29) is 17.4 Å². The molecular formula is C27H26N2O3S. The number of hydrogen-bond acceptors (Lipinski definition) is 3. The van der Waals surface area contributed by atoms with Crippen molar-refractivity contribution in [2.75, 3.05) is 17.4 Å². The molecule has 0 spiro atoms. The Morgan fingerprint density at radius 1 is 0.970 bits per heavy atom. The van der Waals surface area contributed by atoms with Crippen LogP contribution in [-0.2, 0) is 14.8 Å². The van der Waals surface area contributed by atoms with Crippen molar-refractivity contribution in [1.29, 1.82) is 0 Å². The number of rotatable bonds is 7. The summed E-state index contributed by atoms with van der Waals surface area (Å²) in [7, 11) is -4.12. The lowest BCUT2D eigenvalue weighted by atomic mass is 9.95. The molecule has 1 amide bonds. The number of benzene rings is 3. The predicted molar refractivity (Wildman–Crippen MR) is 133 cm³/mol. The lowest BCUT2D eigenvalue weighted by molar-refractivity contribution is -0.116. The largest absolute Gasteiger partial charge is 0.351 e. The Balaban J connectivity index is 1.82. The van der Waals surface area contributed by atoms with E-state index in [1.807, 2.05) is 79.7 Å². The summed E-state index contributed by atoms with van der Waals surface area (Å²) in [6.45, 7) is 6.09. The Morgan fingerprint density at radius 3 is 2.24 bits per heavy atom. The lowest BCUT2D eigenvalue weighted by Gasteiger charge is -2.33. The van der Waals surface area contributed by atoms with Crippen LogP contribution in [0.1, 0.15) is 29.5 Å². The molecule has 1 aliphatic heterocycles. The molecule has 1 N–H and O–H groups in total. The molecule has 4 rings (SSSR count). The quantitative estimate of drug-likeness (QED) is 0.522. The number of sulfonamides is 1. The highest BCUT2D eigenvalue weighted by Crippen LogP contribution is 2.42. The molecule has 0 saturated carbocycles. The molecule has 3 aromatic rings. The van der Waals surface area contributed by atoms with Crippen molar-refractivity contribution in [2.24, 2.45) is 0 Å². The molecule has 1 heterocycles. The molecule has 168 valence electrons. The maximum atomic E-state index is 13.8. The number of hydrogen-bond donors (Lipinski definition) is 1. The van der Waals surface area contributed by atoms with Gasteiger partial charge in [0, 0.05) is 17.7 Å². The third kappa shape index (κ3) is 4.34. The number of nitrogens with one attached hydrogen (secondary N) is 1. The molecule has 0 unspecified atom stereocenters. The highest BCUT2D eigenvalue weighted by molar-refractivity contribution is 7.97. The van der Waals surface area contributed by atoms with Crippen LogP contribution in [0.5, 0.6) is 0 Å². The molecule has 0 saturated heterocycles. The van der Waals surface area contributed by atoms with Crippen LogP contribution in [0.3, 0.4) is 0 Å². The Morgan fingerprint density at radius 2 is 1.58 bits per heavy atom. The van der Waals surface area contributed by atoms with Gasteiger partial charge >= 0.3 is 0 Å². The lowest BCUT2D eigenvalue weighted by Crippen LogP contribution is -2.42. The highest BCUT2D eigenvalue weighted by Gasteiger charge is 2.40. The number of carbonyl (C=O) groups excluding carboxylic acids is 1. The first-order valence-electron chi connectivity index (χ1n) is 10.8. The van der Waals surface area contributed by atoms with Crippen LogP contribution in [0.2, 0.25) is 0 Å². The van der Waals surface area contributed by atoms with Crippen molar-refractivity contribution in [3.8, 4) is 0 Å². The van der Waals surface area contributed by atoms with E-state index in [2.05, 4.69) is 11.9 Å². The summed E-state index contributed by atoms with van der Waals surface area (Å²) < 4.78 is 28.8. The van der Waals surface area contributed by atoms with Crippen LogP contribution in [-0.4, -0.2) is 27.4 Å². The van der Waals surface area contributed by atoms with Crippen molar-refractivity contribution >= 4 is 27.2 Å². The maximum Gasteiger partial charge on any atom is 0.270 e. The minimum Gasteiger partial charge on any atom is -0.351 e. The summed E-state index contributed by atoms with van der Waals surface area (Å²) in [6, 6.07) is 26.2. The van der Waals surface area contributed by atoms with Gasteiger partial charge in [0.15, 0.2) is 4.91 Å². The summed E-state index contributed by atoms with van der Waals surface area (Å²) in [5.74, 6) is -0.584. The smallest absolute Gasteiger partial charge is 0.270 e. The molecule has 0 aliphatic carbocycles. The monoisotopic (exact) mass is 458 g/mol. The Hall–Kier alpha value is -3.64. The summed E-state index contributed by atoms with van der Waals surface area (Å²) in [5.41, 5.74) is 3.39. The maximum absolute atomic E-state index is 13.8. The summed E-state index contributed by atoms with van der Waals surface area (Å²) in [4.78, 5) is 13.3.